The molecule has 1 amide bonds. The maximum absolute atomic E-state index is 12.8. The predicted molar refractivity (Wildman–Crippen MR) is 79.8 cm³/mol. The first-order valence-electron chi connectivity index (χ1n) is 7.31. The third-order valence-electron chi connectivity index (χ3n) is 4.24. The summed E-state index contributed by atoms with van der Waals surface area (Å²) in [7, 11) is 3.19. The summed E-state index contributed by atoms with van der Waals surface area (Å²) in [6, 6.07) is 3.96. The molecule has 2 heterocycles. The van der Waals surface area contributed by atoms with E-state index in [4.69, 9.17) is 9.47 Å². The Bertz CT molecular complexity index is 583. The molecule has 2 aliphatic rings. The van der Waals surface area contributed by atoms with Crippen LogP contribution in [-0.2, 0) is 0 Å². The van der Waals surface area contributed by atoms with Crippen molar-refractivity contribution in [1.82, 2.24) is 5.32 Å². The summed E-state index contributed by atoms with van der Waals surface area (Å²) in [5, 5.41) is 3.37. The average Bonchev–Trinajstić information content (AvgIpc) is 2.55. The van der Waals surface area contributed by atoms with Crippen LogP contribution in [0, 0.1) is 0 Å². The molecule has 0 aromatic heterocycles. The van der Waals surface area contributed by atoms with Crippen molar-refractivity contribution < 1.29 is 31.6 Å². The monoisotopic (exact) mass is 324 g/mol. The van der Waals surface area contributed by atoms with Gasteiger partial charge in [0, 0.05) is 30.7 Å². The standard InChI is InChI=1S/C16H20N2O3.ClH/c1-20-14-8-11-5-7-18(12-4-3-6-17-10-12)16(19)13(11)9-15(14)21-2;/h5,7-9,12,17H,3-4,6,10H2,1-2H3;1H. The zero-order chi connectivity index (χ0) is 14.8. The second-order valence-electron chi connectivity index (χ2n) is 5.46. The number of rotatable bonds is 3. The fourth-order valence-corrected chi connectivity index (χ4v) is 3.08. The number of ether oxygens (including phenoxy) is 2. The molecule has 0 spiro atoms. The van der Waals surface area contributed by atoms with E-state index in [0.29, 0.717) is 23.1 Å². The summed E-state index contributed by atoms with van der Waals surface area (Å²) in [6.45, 7) is 1.93. The highest BCUT2D eigenvalue weighted by molar-refractivity contribution is 5.95. The molecule has 22 heavy (non-hydrogen) atoms. The van der Waals surface area contributed by atoms with Gasteiger partial charge in [0.25, 0.3) is 0 Å². The Morgan fingerprint density at radius 1 is 1.23 bits per heavy atom. The van der Waals surface area contributed by atoms with Crippen molar-refractivity contribution in [3.05, 3.63) is 29.5 Å². The van der Waals surface area contributed by atoms with Crippen LogP contribution in [0.4, 0.5) is 0 Å². The lowest BCUT2D eigenvalue weighted by molar-refractivity contribution is -0.787. The molecular weight excluding hydrogens is 304 g/mol. The molecule has 2 N–H and O–H groups in total. The molecule has 1 aromatic carbocycles. The largest absolute Gasteiger partial charge is 1.00 e. The number of nitrogens with one attached hydrogen (secondary N) is 2. The Labute approximate surface area is 136 Å². The summed E-state index contributed by atoms with van der Waals surface area (Å²) >= 11 is 0. The number of piperidine rings is 1. The van der Waals surface area contributed by atoms with Crippen LogP contribution in [0.1, 0.15) is 28.8 Å². The number of methoxy groups -OCH3 is 2. The van der Waals surface area contributed by atoms with E-state index in [0.717, 1.165) is 36.4 Å². The van der Waals surface area contributed by atoms with Crippen molar-refractivity contribution >= 4 is 12.0 Å². The normalized spacial score (nSPS) is 23.5. The topological polar surface area (TPSA) is 52.0 Å². The molecule has 0 aliphatic carbocycles. The first kappa shape index (κ1) is 16.8. The minimum absolute atomic E-state index is 0. The first-order valence-corrected chi connectivity index (χ1v) is 7.31. The predicted octanol–water partition coefficient (Wildman–Crippen LogP) is -2.53. The first-order chi connectivity index (χ1) is 10.2. The van der Waals surface area contributed by atoms with E-state index < -0.39 is 0 Å². The fraction of sp³-hybridized carbons (Fsp3) is 0.438. The highest BCUT2D eigenvalue weighted by Crippen LogP contribution is 2.31. The number of halogens is 1. The maximum atomic E-state index is 12.8. The van der Waals surface area contributed by atoms with E-state index in [9.17, 15) is 4.79 Å². The van der Waals surface area contributed by atoms with Crippen LogP contribution in [0.5, 0.6) is 11.5 Å². The van der Waals surface area contributed by atoms with E-state index in [-0.39, 0.29) is 18.3 Å². The highest BCUT2D eigenvalue weighted by Gasteiger charge is 2.34. The van der Waals surface area contributed by atoms with Crippen LogP contribution in [-0.4, -0.2) is 39.3 Å². The van der Waals surface area contributed by atoms with Gasteiger partial charge in [-0.2, -0.15) is 0 Å². The van der Waals surface area contributed by atoms with Crippen LogP contribution >= 0.6 is 0 Å². The molecule has 6 heteroatoms. The number of carbonyl (C=O) groups excluding carboxylic acids is 1. The smallest absolute Gasteiger partial charge is 0.349 e. The third-order valence-corrected chi connectivity index (χ3v) is 4.24. The van der Waals surface area contributed by atoms with Gasteiger partial charge in [-0.15, -0.1) is 0 Å². The van der Waals surface area contributed by atoms with Crippen LogP contribution in [0.25, 0.3) is 6.08 Å². The quantitative estimate of drug-likeness (QED) is 0.644. The SMILES string of the molecule is COc1cc2c(cc1OC)C(=O)[NH+](C1CCCNC1)C=C2.[Cl-]. The fourth-order valence-electron chi connectivity index (χ4n) is 3.08. The van der Waals surface area contributed by atoms with Crippen molar-refractivity contribution in [1.29, 1.82) is 0 Å². The van der Waals surface area contributed by atoms with Crippen LogP contribution < -0.4 is 32.1 Å². The van der Waals surface area contributed by atoms with Gasteiger partial charge in [0.15, 0.2) is 11.5 Å². The zero-order valence-corrected chi connectivity index (χ0v) is 13.6. The Hall–Kier alpha value is -1.56. The van der Waals surface area contributed by atoms with Crippen LogP contribution in [0.3, 0.4) is 0 Å². The van der Waals surface area contributed by atoms with E-state index in [1.165, 1.54) is 0 Å². The number of hydrogen-bond acceptors (Lipinski definition) is 4. The van der Waals surface area contributed by atoms with Gasteiger partial charge < -0.3 is 27.2 Å². The van der Waals surface area contributed by atoms with Gasteiger partial charge in [0.1, 0.15) is 12.2 Å². The Kier molecular flexibility index (Phi) is 5.45. The molecule has 1 aromatic rings. The van der Waals surface area contributed by atoms with Gasteiger partial charge >= 0.3 is 5.91 Å². The van der Waals surface area contributed by atoms with E-state index in [2.05, 4.69) is 5.32 Å². The van der Waals surface area contributed by atoms with Gasteiger partial charge in [-0.3, -0.25) is 0 Å². The van der Waals surface area contributed by atoms with Crippen molar-refractivity contribution in [2.45, 2.75) is 18.9 Å². The van der Waals surface area contributed by atoms with Gasteiger partial charge in [0.05, 0.1) is 19.8 Å². The highest BCUT2D eigenvalue weighted by atomic mass is 35.5. The number of carbonyl (C=O) groups is 1. The van der Waals surface area contributed by atoms with Crippen molar-refractivity contribution in [2.24, 2.45) is 0 Å². The van der Waals surface area contributed by atoms with Gasteiger partial charge in [0.2, 0.25) is 0 Å². The number of amides is 1. The lowest BCUT2D eigenvalue weighted by Crippen LogP contribution is -3.15. The number of hydrogen-bond donors (Lipinski definition) is 2. The molecule has 1 fully saturated rings. The Morgan fingerprint density at radius 2 is 1.95 bits per heavy atom. The lowest BCUT2D eigenvalue weighted by atomic mass is 9.98. The molecule has 2 unspecified atom stereocenters. The summed E-state index contributed by atoms with van der Waals surface area (Å²) in [5.41, 5.74) is 1.60. The van der Waals surface area contributed by atoms with Crippen LogP contribution in [0.2, 0.25) is 0 Å². The Morgan fingerprint density at radius 3 is 2.59 bits per heavy atom. The average molecular weight is 325 g/mol. The van der Waals surface area contributed by atoms with E-state index >= 15 is 0 Å². The summed E-state index contributed by atoms with van der Waals surface area (Å²) in [5.74, 6) is 1.36. The summed E-state index contributed by atoms with van der Waals surface area (Å²) < 4.78 is 10.6. The molecule has 0 bridgehead atoms. The van der Waals surface area contributed by atoms with Gasteiger partial charge in [-0.05, 0) is 19.0 Å². The van der Waals surface area contributed by atoms with Gasteiger partial charge in [-0.1, -0.05) is 0 Å². The second kappa shape index (κ2) is 7.13. The van der Waals surface area contributed by atoms with Crippen molar-refractivity contribution in [3.8, 4) is 11.5 Å². The molecule has 3 rings (SSSR count). The third kappa shape index (κ3) is 2.97. The van der Waals surface area contributed by atoms with Crippen molar-refractivity contribution in [2.75, 3.05) is 27.3 Å². The molecule has 1 saturated heterocycles. The summed E-state index contributed by atoms with van der Waals surface area (Å²) in [4.78, 5) is 13.7. The number of benzene rings is 1. The van der Waals surface area contributed by atoms with Crippen LogP contribution in [0.15, 0.2) is 18.3 Å². The molecule has 0 saturated carbocycles. The molecule has 0 radical (unpaired) electrons. The molecule has 2 atom stereocenters. The van der Waals surface area contributed by atoms with E-state index in [1.807, 2.05) is 18.3 Å². The van der Waals surface area contributed by atoms with Crippen molar-refractivity contribution in [3.63, 3.8) is 0 Å². The number of quaternary nitrogens is 1. The molecule has 2 aliphatic heterocycles. The lowest BCUT2D eigenvalue weighted by Gasteiger charge is -2.29. The second-order valence-corrected chi connectivity index (χ2v) is 5.46. The number of fused-ring (bicyclic) bond motifs is 1. The molecular formula is C16H21ClN2O3. The minimum Gasteiger partial charge on any atom is -1.00 e. The molecule has 5 nitrogen and oxygen atoms in total. The maximum Gasteiger partial charge on any atom is 0.349 e. The molecule has 120 valence electrons. The Balaban J connectivity index is 0.00000176. The van der Waals surface area contributed by atoms with Gasteiger partial charge in [-0.25, -0.2) is 9.69 Å². The van der Waals surface area contributed by atoms with E-state index in [1.54, 1.807) is 20.3 Å². The summed E-state index contributed by atoms with van der Waals surface area (Å²) in [6.07, 6.45) is 6.16. The minimum atomic E-state index is 0. The zero-order valence-electron chi connectivity index (χ0n) is 12.8.